The molecule has 6 heteroatoms. The number of amides is 1. The summed E-state index contributed by atoms with van der Waals surface area (Å²) in [5.74, 6) is -1.99. The van der Waals surface area contributed by atoms with Crippen LogP contribution in [0.4, 0.5) is 14.5 Å². The van der Waals surface area contributed by atoms with Crippen molar-refractivity contribution >= 4 is 27.5 Å². The predicted molar refractivity (Wildman–Crippen MR) is 85.5 cm³/mol. The Kier molecular flexibility index (Phi) is 5.63. The summed E-state index contributed by atoms with van der Waals surface area (Å²) in [7, 11) is 0. The maximum Gasteiger partial charge on any atom is 0.238 e. The van der Waals surface area contributed by atoms with Crippen LogP contribution in [0.15, 0.2) is 46.9 Å². The summed E-state index contributed by atoms with van der Waals surface area (Å²) in [5.41, 5.74) is 1.27. The topological polar surface area (TPSA) is 41.1 Å². The lowest BCUT2D eigenvalue weighted by molar-refractivity contribution is -0.115. The Morgan fingerprint density at radius 2 is 1.82 bits per heavy atom. The van der Waals surface area contributed by atoms with Crippen LogP contribution in [0.25, 0.3) is 0 Å². The zero-order valence-electron chi connectivity index (χ0n) is 11.9. The molecule has 2 aromatic carbocycles. The maximum atomic E-state index is 13.2. The molecule has 116 valence electrons. The average molecular weight is 369 g/mol. The molecule has 0 saturated heterocycles. The lowest BCUT2D eigenvalue weighted by Crippen LogP contribution is -2.30. The van der Waals surface area contributed by atoms with Crippen molar-refractivity contribution in [2.24, 2.45) is 0 Å². The fraction of sp³-hybridized carbons (Fsp3) is 0.188. The Morgan fingerprint density at radius 3 is 2.45 bits per heavy atom. The first-order chi connectivity index (χ1) is 10.5. The van der Waals surface area contributed by atoms with Crippen molar-refractivity contribution < 1.29 is 13.6 Å². The van der Waals surface area contributed by atoms with E-state index in [1.54, 1.807) is 19.1 Å². The molecule has 0 bridgehead atoms. The summed E-state index contributed by atoms with van der Waals surface area (Å²) in [6.07, 6.45) is 0. The molecule has 0 aliphatic carbocycles. The number of halogens is 3. The lowest BCUT2D eigenvalue weighted by atomic mass is 10.1. The monoisotopic (exact) mass is 368 g/mol. The van der Waals surface area contributed by atoms with E-state index >= 15 is 0 Å². The van der Waals surface area contributed by atoms with Gasteiger partial charge in [-0.1, -0.05) is 22.0 Å². The van der Waals surface area contributed by atoms with E-state index in [9.17, 15) is 13.6 Å². The first-order valence-corrected chi connectivity index (χ1v) is 7.49. The Morgan fingerprint density at radius 1 is 1.14 bits per heavy atom. The van der Waals surface area contributed by atoms with Gasteiger partial charge in [0.2, 0.25) is 5.91 Å². The van der Waals surface area contributed by atoms with Gasteiger partial charge < -0.3 is 10.6 Å². The van der Waals surface area contributed by atoms with E-state index in [0.29, 0.717) is 11.3 Å². The number of anilines is 1. The summed E-state index contributed by atoms with van der Waals surface area (Å²) in [6, 6.07) is 10.6. The molecule has 1 amide bonds. The Labute approximate surface area is 135 Å². The highest BCUT2D eigenvalue weighted by Gasteiger charge is 2.10. The Bertz CT molecular complexity index is 662. The van der Waals surface area contributed by atoms with Gasteiger partial charge in [-0.15, -0.1) is 0 Å². The van der Waals surface area contributed by atoms with Crippen LogP contribution in [-0.2, 0) is 4.79 Å². The van der Waals surface area contributed by atoms with Crippen LogP contribution in [0.1, 0.15) is 18.5 Å². The smallest absolute Gasteiger partial charge is 0.238 e. The van der Waals surface area contributed by atoms with E-state index in [-0.39, 0.29) is 18.5 Å². The molecule has 22 heavy (non-hydrogen) atoms. The minimum atomic E-state index is -0.898. The van der Waals surface area contributed by atoms with Crippen molar-refractivity contribution in [3.63, 3.8) is 0 Å². The summed E-state index contributed by atoms with van der Waals surface area (Å²) < 4.78 is 27.0. The van der Waals surface area contributed by atoms with E-state index in [2.05, 4.69) is 26.6 Å². The predicted octanol–water partition coefficient (Wildman–Crippen LogP) is 4.02. The molecule has 0 aliphatic rings. The Balaban J connectivity index is 1.87. The first-order valence-electron chi connectivity index (χ1n) is 6.69. The third-order valence-corrected chi connectivity index (χ3v) is 3.67. The van der Waals surface area contributed by atoms with Crippen molar-refractivity contribution in [2.45, 2.75) is 13.0 Å². The number of nitrogens with one attached hydrogen (secondary N) is 2. The van der Waals surface area contributed by atoms with Crippen LogP contribution in [0.5, 0.6) is 0 Å². The fourth-order valence-electron chi connectivity index (χ4n) is 1.88. The number of benzene rings is 2. The van der Waals surface area contributed by atoms with Crippen LogP contribution < -0.4 is 10.6 Å². The van der Waals surface area contributed by atoms with Crippen molar-refractivity contribution in [1.82, 2.24) is 5.32 Å². The molecule has 0 aromatic heterocycles. The number of hydrogen-bond donors (Lipinski definition) is 2. The minimum absolute atomic E-state index is 0.0657. The molecule has 0 aliphatic heterocycles. The van der Waals surface area contributed by atoms with Crippen molar-refractivity contribution in [2.75, 3.05) is 11.9 Å². The molecule has 0 saturated carbocycles. The standard InChI is InChI=1S/C16H15BrF2N2O/c1-10(11-2-7-14(18)15(19)8-11)20-9-16(22)21-13-5-3-12(17)4-6-13/h2-8,10,20H,9H2,1H3,(H,21,22)/t10-/m0/s1. The molecule has 0 heterocycles. The minimum Gasteiger partial charge on any atom is -0.325 e. The van der Waals surface area contributed by atoms with Gasteiger partial charge in [0, 0.05) is 16.2 Å². The summed E-state index contributed by atoms with van der Waals surface area (Å²) in [5, 5.41) is 5.71. The molecule has 0 unspecified atom stereocenters. The van der Waals surface area contributed by atoms with Gasteiger partial charge in [-0.25, -0.2) is 8.78 Å². The van der Waals surface area contributed by atoms with Gasteiger partial charge in [-0.2, -0.15) is 0 Å². The SMILES string of the molecule is C[C@H](NCC(=O)Nc1ccc(Br)cc1)c1ccc(F)c(F)c1. The number of hydrogen-bond acceptors (Lipinski definition) is 2. The molecular formula is C16H15BrF2N2O. The van der Waals surface area contributed by atoms with Crippen LogP contribution in [0.2, 0.25) is 0 Å². The zero-order chi connectivity index (χ0) is 16.1. The number of carbonyl (C=O) groups excluding carboxylic acids is 1. The van der Waals surface area contributed by atoms with Gasteiger partial charge in [-0.3, -0.25) is 4.79 Å². The summed E-state index contributed by atoms with van der Waals surface area (Å²) in [4.78, 5) is 11.8. The van der Waals surface area contributed by atoms with E-state index in [4.69, 9.17) is 0 Å². The summed E-state index contributed by atoms with van der Waals surface area (Å²) >= 11 is 3.32. The van der Waals surface area contributed by atoms with Crippen molar-refractivity contribution in [3.05, 3.63) is 64.1 Å². The van der Waals surface area contributed by atoms with Gasteiger partial charge in [-0.05, 0) is 48.9 Å². The van der Waals surface area contributed by atoms with E-state index in [1.165, 1.54) is 6.07 Å². The fourth-order valence-corrected chi connectivity index (χ4v) is 2.15. The lowest BCUT2D eigenvalue weighted by Gasteiger charge is -2.14. The molecule has 2 N–H and O–H groups in total. The van der Waals surface area contributed by atoms with Crippen LogP contribution in [0, 0.1) is 11.6 Å². The zero-order valence-corrected chi connectivity index (χ0v) is 13.5. The van der Waals surface area contributed by atoms with E-state index in [1.807, 2.05) is 12.1 Å². The van der Waals surface area contributed by atoms with Gasteiger partial charge in [0.15, 0.2) is 11.6 Å². The second-order valence-corrected chi connectivity index (χ2v) is 5.75. The second-order valence-electron chi connectivity index (χ2n) is 4.83. The summed E-state index contributed by atoms with van der Waals surface area (Å²) in [6.45, 7) is 1.84. The molecule has 0 fully saturated rings. The normalized spacial score (nSPS) is 12.0. The quantitative estimate of drug-likeness (QED) is 0.836. The maximum absolute atomic E-state index is 13.2. The van der Waals surface area contributed by atoms with Gasteiger partial charge in [0.25, 0.3) is 0 Å². The molecule has 0 radical (unpaired) electrons. The van der Waals surface area contributed by atoms with Gasteiger partial charge in [0.05, 0.1) is 6.54 Å². The number of carbonyl (C=O) groups is 1. The van der Waals surface area contributed by atoms with Crippen LogP contribution >= 0.6 is 15.9 Å². The Hall–Kier alpha value is -1.79. The number of rotatable bonds is 5. The van der Waals surface area contributed by atoms with Crippen molar-refractivity contribution in [1.29, 1.82) is 0 Å². The highest BCUT2D eigenvalue weighted by atomic mass is 79.9. The average Bonchev–Trinajstić information content (AvgIpc) is 2.50. The molecular weight excluding hydrogens is 354 g/mol. The highest BCUT2D eigenvalue weighted by Crippen LogP contribution is 2.16. The highest BCUT2D eigenvalue weighted by molar-refractivity contribution is 9.10. The van der Waals surface area contributed by atoms with Crippen LogP contribution in [-0.4, -0.2) is 12.5 Å². The molecule has 0 spiro atoms. The van der Waals surface area contributed by atoms with Crippen molar-refractivity contribution in [3.8, 4) is 0 Å². The van der Waals surface area contributed by atoms with E-state index in [0.717, 1.165) is 16.6 Å². The molecule has 3 nitrogen and oxygen atoms in total. The molecule has 2 aromatic rings. The first kappa shape index (κ1) is 16.6. The van der Waals surface area contributed by atoms with Gasteiger partial charge >= 0.3 is 0 Å². The second kappa shape index (κ2) is 7.47. The van der Waals surface area contributed by atoms with E-state index < -0.39 is 11.6 Å². The molecule has 2 rings (SSSR count). The third kappa shape index (κ3) is 4.61. The third-order valence-electron chi connectivity index (χ3n) is 3.14. The largest absolute Gasteiger partial charge is 0.325 e. The van der Waals surface area contributed by atoms with Crippen LogP contribution in [0.3, 0.4) is 0 Å². The van der Waals surface area contributed by atoms with Gasteiger partial charge in [0.1, 0.15) is 0 Å². The molecule has 1 atom stereocenters.